The molecule has 0 aliphatic carbocycles. The van der Waals surface area contributed by atoms with Crippen molar-refractivity contribution in [2.75, 3.05) is 6.54 Å². The van der Waals surface area contributed by atoms with E-state index in [0.717, 1.165) is 0 Å². The second kappa shape index (κ2) is 3.60. The summed E-state index contributed by atoms with van der Waals surface area (Å²) in [4.78, 5) is 0. The standard InChI is InChI=1S/C7H8N4/c8-4-6(5-9)7-10-2-1-3-11-7/h1-2,6-7,10-11H,3H2. The second-order valence-corrected chi connectivity index (χ2v) is 2.19. The van der Waals surface area contributed by atoms with Gasteiger partial charge in [-0.1, -0.05) is 6.08 Å². The molecule has 56 valence electrons. The summed E-state index contributed by atoms with van der Waals surface area (Å²) in [5, 5.41) is 22.9. The third kappa shape index (κ3) is 1.70. The van der Waals surface area contributed by atoms with Crippen molar-refractivity contribution in [3.8, 4) is 12.1 Å². The molecule has 0 saturated carbocycles. The number of rotatable bonds is 1. The van der Waals surface area contributed by atoms with Crippen molar-refractivity contribution in [2.24, 2.45) is 5.92 Å². The lowest BCUT2D eigenvalue weighted by atomic mass is 10.1. The number of hydrogen-bond donors (Lipinski definition) is 2. The van der Waals surface area contributed by atoms with E-state index in [1.54, 1.807) is 6.20 Å². The first-order chi connectivity index (χ1) is 5.38. The van der Waals surface area contributed by atoms with Crippen molar-refractivity contribution in [3.63, 3.8) is 0 Å². The highest BCUT2D eigenvalue weighted by atomic mass is 15.1. The van der Waals surface area contributed by atoms with Crippen LogP contribution >= 0.6 is 0 Å². The Morgan fingerprint density at radius 3 is 2.64 bits per heavy atom. The molecule has 0 radical (unpaired) electrons. The highest BCUT2D eigenvalue weighted by molar-refractivity contribution is 5.08. The van der Waals surface area contributed by atoms with Gasteiger partial charge < -0.3 is 5.32 Å². The Morgan fingerprint density at radius 1 is 1.45 bits per heavy atom. The fraction of sp³-hybridized carbons (Fsp3) is 0.429. The van der Waals surface area contributed by atoms with E-state index in [1.807, 2.05) is 18.2 Å². The van der Waals surface area contributed by atoms with Crippen LogP contribution in [0.4, 0.5) is 0 Å². The quantitative estimate of drug-likeness (QED) is 0.534. The Labute approximate surface area is 65.1 Å². The fourth-order valence-electron chi connectivity index (χ4n) is 0.877. The molecule has 0 amide bonds. The highest BCUT2D eigenvalue weighted by Gasteiger charge is 2.19. The second-order valence-electron chi connectivity index (χ2n) is 2.19. The normalized spacial score (nSPS) is 21.9. The van der Waals surface area contributed by atoms with Crippen molar-refractivity contribution in [3.05, 3.63) is 12.3 Å². The number of nitriles is 2. The first kappa shape index (κ1) is 7.59. The minimum absolute atomic E-state index is 0.227. The summed E-state index contributed by atoms with van der Waals surface area (Å²) in [5.41, 5.74) is 0. The van der Waals surface area contributed by atoms with Crippen molar-refractivity contribution in [1.82, 2.24) is 10.6 Å². The van der Waals surface area contributed by atoms with Gasteiger partial charge in [-0.05, 0) is 6.20 Å². The Balaban J connectivity index is 2.55. The van der Waals surface area contributed by atoms with Gasteiger partial charge in [-0.3, -0.25) is 5.32 Å². The average molecular weight is 148 g/mol. The minimum Gasteiger partial charge on any atom is -0.374 e. The van der Waals surface area contributed by atoms with E-state index < -0.39 is 5.92 Å². The molecular formula is C7H8N4. The summed E-state index contributed by atoms with van der Waals surface area (Å²) >= 11 is 0. The van der Waals surface area contributed by atoms with Crippen LogP contribution in [-0.4, -0.2) is 12.7 Å². The number of nitrogens with zero attached hydrogens (tertiary/aromatic N) is 2. The van der Waals surface area contributed by atoms with Crippen LogP contribution in [0.5, 0.6) is 0 Å². The lowest BCUT2D eigenvalue weighted by Gasteiger charge is -2.21. The molecular weight excluding hydrogens is 140 g/mol. The van der Waals surface area contributed by atoms with Gasteiger partial charge in [-0.15, -0.1) is 0 Å². The molecule has 0 aromatic rings. The van der Waals surface area contributed by atoms with Gasteiger partial charge in [0, 0.05) is 6.54 Å². The molecule has 4 heteroatoms. The van der Waals surface area contributed by atoms with Crippen molar-refractivity contribution in [2.45, 2.75) is 6.17 Å². The Kier molecular flexibility index (Phi) is 2.48. The zero-order chi connectivity index (χ0) is 8.10. The molecule has 0 bridgehead atoms. The van der Waals surface area contributed by atoms with Crippen LogP contribution in [0.25, 0.3) is 0 Å². The van der Waals surface area contributed by atoms with E-state index in [9.17, 15) is 0 Å². The van der Waals surface area contributed by atoms with Crippen LogP contribution in [0, 0.1) is 28.6 Å². The zero-order valence-electron chi connectivity index (χ0n) is 5.91. The first-order valence-electron chi connectivity index (χ1n) is 3.32. The summed E-state index contributed by atoms with van der Waals surface area (Å²) in [6.07, 6.45) is 3.42. The SMILES string of the molecule is N#CC(C#N)C1NC=CCN1. The van der Waals surface area contributed by atoms with Gasteiger partial charge in [-0.25, -0.2) is 0 Å². The molecule has 1 aliphatic heterocycles. The van der Waals surface area contributed by atoms with Crippen LogP contribution in [0.2, 0.25) is 0 Å². The van der Waals surface area contributed by atoms with E-state index >= 15 is 0 Å². The monoisotopic (exact) mass is 148 g/mol. The predicted octanol–water partition coefficient (Wildman–Crippen LogP) is -0.318. The minimum atomic E-state index is -0.625. The van der Waals surface area contributed by atoms with Gasteiger partial charge in [0.25, 0.3) is 0 Å². The highest BCUT2D eigenvalue weighted by Crippen LogP contribution is 1.99. The summed E-state index contributed by atoms with van der Waals surface area (Å²) in [6, 6.07) is 3.80. The molecule has 0 aromatic heterocycles. The maximum atomic E-state index is 8.50. The molecule has 0 fully saturated rings. The molecule has 0 aromatic carbocycles. The Hall–Kier alpha value is -1.52. The molecule has 0 spiro atoms. The number of hydrogen-bond acceptors (Lipinski definition) is 4. The predicted molar refractivity (Wildman–Crippen MR) is 38.8 cm³/mol. The number of nitrogens with one attached hydrogen (secondary N) is 2. The molecule has 1 atom stereocenters. The molecule has 1 rings (SSSR count). The summed E-state index contributed by atoms with van der Waals surface area (Å²) in [7, 11) is 0. The van der Waals surface area contributed by atoms with E-state index in [-0.39, 0.29) is 6.17 Å². The summed E-state index contributed by atoms with van der Waals surface area (Å²) in [6.45, 7) is 0.706. The molecule has 0 saturated heterocycles. The molecule has 1 unspecified atom stereocenters. The van der Waals surface area contributed by atoms with Crippen LogP contribution in [-0.2, 0) is 0 Å². The third-order valence-corrected chi connectivity index (χ3v) is 1.46. The van der Waals surface area contributed by atoms with Gasteiger partial charge in [0.15, 0.2) is 5.92 Å². The van der Waals surface area contributed by atoms with E-state index in [4.69, 9.17) is 10.5 Å². The lowest BCUT2D eigenvalue weighted by Crippen LogP contribution is -2.47. The third-order valence-electron chi connectivity index (χ3n) is 1.46. The fourth-order valence-corrected chi connectivity index (χ4v) is 0.877. The maximum Gasteiger partial charge on any atom is 0.166 e. The molecule has 1 heterocycles. The Morgan fingerprint density at radius 2 is 2.18 bits per heavy atom. The first-order valence-corrected chi connectivity index (χ1v) is 3.32. The van der Waals surface area contributed by atoms with Crippen molar-refractivity contribution in [1.29, 1.82) is 10.5 Å². The largest absolute Gasteiger partial charge is 0.374 e. The smallest absolute Gasteiger partial charge is 0.166 e. The molecule has 1 aliphatic rings. The van der Waals surface area contributed by atoms with Gasteiger partial charge in [0.1, 0.15) is 6.17 Å². The molecule has 2 N–H and O–H groups in total. The van der Waals surface area contributed by atoms with Gasteiger partial charge >= 0.3 is 0 Å². The van der Waals surface area contributed by atoms with Crippen molar-refractivity contribution >= 4 is 0 Å². The van der Waals surface area contributed by atoms with E-state index in [2.05, 4.69) is 10.6 Å². The van der Waals surface area contributed by atoms with Gasteiger partial charge in [0.05, 0.1) is 12.1 Å². The van der Waals surface area contributed by atoms with Gasteiger partial charge in [-0.2, -0.15) is 10.5 Å². The summed E-state index contributed by atoms with van der Waals surface area (Å²) < 4.78 is 0. The average Bonchev–Trinajstić information content (AvgIpc) is 2.09. The topological polar surface area (TPSA) is 71.6 Å². The van der Waals surface area contributed by atoms with Crippen LogP contribution in [0.15, 0.2) is 12.3 Å². The van der Waals surface area contributed by atoms with Crippen LogP contribution in [0.1, 0.15) is 0 Å². The Bertz CT molecular complexity index is 218. The van der Waals surface area contributed by atoms with Crippen molar-refractivity contribution < 1.29 is 0 Å². The van der Waals surface area contributed by atoms with E-state index in [1.165, 1.54) is 0 Å². The molecule has 4 nitrogen and oxygen atoms in total. The van der Waals surface area contributed by atoms with Crippen LogP contribution < -0.4 is 10.6 Å². The van der Waals surface area contributed by atoms with Gasteiger partial charge in [0.2, 0.25) is 0 Å². The molecule has 11 heavy (non-hydrogen) atoms. The van der Waals surface area contributed by atoms with Crippen LogP contribution in [0.3, 0.4) is 0 Å². The summed E-state index contributed by atoms with van der Waals surface area (Å²) in [5.74, 6) is -0.625. The zero-order valence-corrected chi connectivity index (χ0v) is 5.91. The maximum absolute atomic E-state index is 8.50. The van der Waals surface area contributed by atoms with E-state index in [0.29, 0.717) is 6.54 Å². The lowest BCUT2D eigenvalue weighted by molar-refractivity contribution is 0.433.